The van der Waals surface area contributed by atoms with E-state index in [1.54, 1.807) is 35.2 Å². The van der Waals surface area contributed by atoms with E-state index in [1.165, 1.54) is 0 Å². The summed E-state index contributed by atoms with van der Waals surface area (Å²) < 4.78 is 4.77. The van der Waals surface area contributed by atoms with Gasteiger partial charge in [-0.05, 0) is 25.0 Å². The lowest BCUT2D eigenvalue weighted by molar-refractivity contribution is 0.0558. The molecule has 0 spiro atoms. The monoisotopic (exact) mass is 219 g/mol. The first kappa shape index (κ1) is 10.7. The molecule has 1 aromatic rings. The zero-order chi connectivity index (χ0) is 11.4. The van der Waals surface area contributed by atoms with Crippen LogP contribution in [0.5, 0.6) is 0 Å². The smallest absolute Gasteiger partial charge is 0.372 e. The lowest BCUT2D eigenvalue weighted by Crippen LogP contribution is -2.30. The summed E-state index contributed by atoms with van der Waals surface area (Å²) in [5, 5.41) is 0. The Balaban J connectivity index is 1.94. The van der Waals surface area contributed by atoms with Crippen LogP contribution in [-0.4, -0.2) is 30.1 Å². The molecule has 0 bridgehead atoms. The van der Waals surface area contributed by atoms with E-state index in [0.717, 1.165) is 12.8 Å². The van der Waals surface area contributed by atoms with Crippen molar-refractivity contribution < 1.29 is 14.3 Å². The summed E-state index contributed by atoms with van der Waals surface area (Å²) in [6.45, 7) is 1.36. The second-order valence-electron chi connectivity index (χ2n) is 3.72. The van der Waals surface area contributed by atoms with Crippen LogP contribution in [0, 0.1) is 0 Å². The van der Waals surface area contributed by atoms with E-state index in [0.29, 0.717) is 18.7 Å². The first-order valence-electron chi connectivity index (χ1n) is 5.33. The molecule has 0 unspecified atom stereocenters. The van der Waals surface area contributed by atoms with Gasteiger partial charge in [0.1, 0.15) is 0 Å². The molecule has 1 heterocycles. The van der Waals surface area contributed by atoms with Gasteiger partial charge in [0.05, 0.1) is 5.56 Å². The summed E-state index contributed by atoms with van der Waals surface area (Å²) in [6.07, 6.45) is 1.43. The largest absolute Gasteiger partial charge is 0.417 e. The van der Waals surface area contributed by atoms with Crippen molar-refractivity contribution in [2.75, 3.05) is 13.1 Å². The summed E-state index contributed by atoms with van der Waals surface area (Å²) in [7, 11) is 0. The lowest BCUT2D eigenvalue weighted by atomic mass is 10.2. The van der Waals surface area contributed by atoms with E-state index in [4.69, 9.17) is 4.74 Å². The number of nitrogens with zero attached hydrogens (tertiary/aromatic N) is 1. The van der Waals surface area contributed by atoms with E-state index in [1.807, 2.05) is 0 Å². The van der Waals surface area contributed by atoms with Crippen molar-refractivity contribution in [2.24, 2.45) is 0 Å². The molecule has 0 aliphatic carbocycles. The molecule has 4 nitrogen and oxygen atoms in total. The number of hydrogen-bond acceptors (Lipinski definition) is 3. The Morgan fingerprint density at radius 1 is 1.06 bits per heavy atom. The number of rotatable bonds is 1. The molecular weight excluding hydrogens is 206 g/mol. The molecule has 16 heavy (non-hydrogen) atoms. The first-order valence-corrected chi connectivity index (χ1v) is 5.33. The van der Waals surface area contributed by atoms with Gasteiger partial charge in [0.25, 0.3) is 0 Å². The highest BCUT2D eigenvalue weighted by Gasteiger charge is 2.22. The molecule has 0 N–H and O–H groups in total. The van der Waals surface area contributed by atoms with Gasteiger partial charge < -0.3 is 9.64 Å². The minimum atomic E-state index is -0.586. The van der Waals surface area contributed by atoms with Crippen LogP contribution < -0.4 is 0 Å². The van der Waals surface area contributed by atoms with Gasteiger partial charge in [0, 0.05) is 13.1 Å². The highest BCUT2D eigenvalue weighted by Crippen LogP contribution is 2.10. The minimum absolute atomic E-state index is 0.398. The highest BCUT2D eigenvalue weighted by molar-refractivity contribution is 5.96. The Morgan fingerprint density at radius 2 is 1.69 bits per heavy atom. The average molecular weight is 219 g/mol. The SMILES string of the molecule is O=C(OC(=O)N1CCCC1)c1ccccc1. The van der Waals surface area contributed by atoms with Crippen LogP contribution in [-0.2, 0) is 4.74 Å². The third kappa shape index (κ3) is 2.39. The second kappa shape index (κ2) is 4.79. The predicted octanol–water partition coefficient (Wildman–Crippen LogP) is 2.06. The number of carbonyl (C=O) groups excluding carboxylic acids is 2. The Hall–Kier alpha value is -1.84. The fraction of sp³-hybridized carbons (Fsp3) is 0.333. The molecule has 84 valence electrons. The number of amides is 1. The van der Waals surface area contributed by atoms with Crippen molar-refractivity contribution in [1.82, 2.24) is 4.90 Å². The van der Waals surface area contributed by atoms with Gasteiger partial charge in [-0.2, -0.15) is 0 Å². The van der Waals surface area contributed by atoms with E-state index in [9.17, 15) is 9.59 Å². The average Bonchev–Trinajstić information content (AvgIpc) is 2.83. The Bertz CT molecular complexity index is 383. The fourth-order valence-electron chi connectivity index (χ4n) is 1.68. The topological polar surface area (TPSA) is 46.6 Å². The zero-order valence-corrected chi connectivity index (χ0v) is 8.89. The third-order valence-corrected chi connectivity index (χ3v) is 2.55. The molecule has 1 amide bonds. The summed E-state index contributed by atoms with van der Waals surface area (Å²) in [5.74, 6) is -0.586. The zero-order valence-electron chi connectivity index (χ0n) is 8.89. The normalized spacial score (nSPS) is 14.9. The Morgan fingerprint density at radius 3 is 2.31 bits per heavy atom. The molecular formula is C12H13NO3. The van der Waals surface area contributed by atoms with Gasteiger partial charge in [-0.3, -0.25) is 0 Å². The summed E-state index contributed by atoms with van der Waals surface area (Å²) in [6, 6.07) is 8.52. The van der Waals surface area contributed by atoms with Crippen molar-refractivity contribution in [3.8, 4) is 0 Å². The maximum absolute atomic E-state index is 11.5. The van der Waals surface area contributed by atoms with Gasteiger partial charge in [0.15, 0.2) is 0 Å². The van der Waals surface area contributed by atoms with E-state index in [-0.39, 0.29) is 0 Å². The maximum Gasteiger partial charge on any atom is 0.417 e. The molecule has 0 atom stereocenters. The molecule has 0 aromatic heterocycles. The molecule has 0 radical (unpaired) electrons. The quantitative estimate of drug-likeness (QED) is 0.536. The van der Waals surface area contributed by atoms with Crippen LogP contribution in [0.1, 0.15) is 23.2 Å². The molecule has 1 fully saturated rings. The van der Waals surface area contributed by atoms with Crippen molar-refractivity contribution in [2.45, 2.75) is 12.8 Å². The standard InChI is InChI=1S/C12H13NO3/c14-11(10-6-2-1-3-7-10)16-12(15)13-8-4-5-9-13/h1-3,6-7H,4-5,8-9H2. The number of ether oxygens (including phenoxy) is 1. The van der Waals surface area contributed by atoms with Crippen molar-refractivity contribution in [3.05, 3.63) is 35.9 Å². The number of carbonyl (C=O) groups is 2. The molecule has 1 saturated heterocycles. The molecule has 4 heteroatoms. The van der Waals surface area contributed by atoms with Gasteiger partial charge in [-0.15, -0.1) is 0 Å². The molecule has 2 rings (SSSR count). The van der Waals surface area contributed by atoms with E-state index >= 15 is 0 Å². The van der Waals surface area contributed by atoms with Crippen LogP contribution in [0.25, 0.3) is 0 Å². The van der Waals surface area contributed by atoms with Gasteiger partial charge >= 0.3 is 12.1 Å². The van der Waals surface area contributed by atoms with Crippen molar-refractivity contribution in [3.63, 3.8) is 0 Å². The van der Waals surface area contributed by atoms with Crippen LogP contribution >= 0.6 is 0 Å². The van der Waals surface area contributed by atoms with Crippen molar-refractivity contribution >= 4 is 12.1 Å². The summed E-state index contributed by atoms with van der Waals surface area (Å²) >= 11 is 0. The fourth-order valence-corrected chi connectivity index (χ4v) is 1.68. The van der Waals surface area contributed by atoms with Gasteiger partial charge in [-0.1, -0.05) is 18.2 Å². The number of likely N-dealkylation sites (tertiary alicyclic amines) is 1. The van der Waals surface area contributed by atoms with Gasteiger partial charge in [0.2, 0.25) is 0 Å². The van der Waals surface area contributed by atoms with Crippen molar-refractivity contribution in [1.29, 1.82) is 0 Å². The maximum atomic E-state index is 11.5. The van der Waals surface area contributed by atoms with E-state index in [2.05, 4.69) is 0 Å². The number of hydrogen-bond donors (Lipinski definition) is 0. The molecule has 1 aromatic carbocycles. The van der Waals surface area contributed by atoms with Crippen LogP contribution in [0.3, 0.4) is 0 Å². The lowest BCUT2D eigenvalue weighted by Gasteiger charge is -2.13. The van der Waals surface area contributed by atoms with E-state index < -0.39 is 12.1 Å². The van der Waals surface area contributed by atoms with Crippen LogP contribution in [0.15, 0.2) is 30.3 Å². The molecule has 1 aliphatic heterocycles. The molecule has 1 aliphatic rings. The Labute approximate surface area is 93.8 Å². The van der Waals surface area contributed by atoms with Gasteiger partial charge in [-0.25, -0.2) is 9.59 Å². The first-order chi connectivity index (χ1) is 7.77. The number of esters is 1. The summed E-state index contributed by atoms with van der Waals surface area (Å²) in [4.78, 5) is 24.6. The predicted molar refractivity (Wildman–Crippen MR) is 58.1 cm³/mol. The van der Waals surface area contributed by atoms with Crippen LogP contribution in [0.4, 0.5) is 4.79 Å². The second-order valence-corrected chi connectivity index (χ2v) is 3.72. The third-order valence-electron chi connectivity index (χ3n) is 2.55. The van der Waals surface area contributed by atoms with Crippen LogP contribution in [0.2, 0.25) is 0 Å². The minimum Gasteiger partial charge on any atom is -0.372 e. The number of benzene rings is 1. The Kier molecular flexibility index (Phi) is 3.19. The molecule has 0 saturated carbocycles. The highest BCUT2D eigenvalue weighted by atomic mass is 16.6. The summed E-state index contributed by atoms with van der Waals surface area (Å²) in [5.41, 5.74) is 0.398.